The zero-order chi connectivity index (χ0) is 19.7. The van der Waals surface area contributed by atoms with Gasteiger partial charge in [0, 0.05) is 12.0 Å². The van der Waals surface area contributed by atoms with Crippen LogP contribution in [0.25, 0.3) is 0 Å². The number of carbonyl (C=O) groups excluding carboxylic acids is 3. The molecule has 0 bridgehead atoms. The highest BCUT2D eigenvalue weighted by Gasteiger charge is 2.49. The lowest BCUT2D eigenvalue weighted by atomic mass is 9.91. The number of hydrogen-bond donors (Lipinski definition) is 1. The summed E-state index contributed by atoms with van der Waals surface area (Å²) in [4.78, 5) is 38.9. The Labute approximate surface area is 162 Å². The van der Waals surface area contributed by atoms with Crippen molar-refractivity contribution >= 4 is 17.7 Å². The van der Waals surface area contributed by atoms with Gasteiger partial charge in [-0.3, -0.25) is 14.5 Å². The van der Waals surface area contributed by atoms with E-state index in [2.05, 4.69) is 5.32 Å². The van der Waals surface area contributed by atoms with Crippen molar-refractivity contribution in [3.05, 3.63) is 59.7 Å². The van der Waals surface area contributed by atoms with Gasteiger partial charge in [0.05, 0.1) is 19.8 Å². The molecule has 1 atom stereocenters. The average Bonchev–Trinajstić information content (AvgIpc) is 2.88. The number of rotatable bonds is 4. The molecule has 0 spiro atoms. The van der Waals surface area contributed by atoms with Gasteiger partial charge in [-0.05, 0) is 24.6 Å². The van der Waals surface area contributed by atoms with Gasteiger partial charge in [0.15, 0.2) is 17.3 Å². The predicted molar refractivity (Wildman–Crippen MR) is 100 cm³/mol. The van der Waals surface area contributed by atoms with E-state index >= 15 is 0 Å². The number of urea groups is 1. The topological polar surface area (TPSA) is 84.9 Å². The minimum Gasteiger partial charge on any atom is -0.490 e. The Morgan fingerprint density at radius 1 is 1.07 bits per heavy atom. The van der Waals surface area contributed by atoms with Crippen LogP contribution in [0.3, 0.4) is 0 Å². The summed E-state index contributed by atoms with van der Waals surface area (Å²) in [5.74, 6) is 0.373. The van der Waals surface area contributed by atoms with Crippen LogP contribution in [0.15, 0.2) is 48.5 Å². The van der Waals surface area contributed by atoms with E-state index in [1.165, 1.54) is 0 Å². The van der Waals surface area contributed by atoms with Crippen molar-refractivity contribution in [1.82, 2.24) is 10.2 Å². The molecule has 4 rings (SSSR count). The van der Waals surface area contributed by atoms with E-state index in [9.17, 15) is 14.4 Å². The molecule has 0 aliphatic carbocycles. The summed E-state index contributed by atoms with van der Waals surface area (Å²) in [6.07, 6.45) is 0.770. The first kappa shape index (κ1) is 18.0. The monoisotopic (exact) mass is 380 g/mol. The second-order valence-electron chi connectivity index (χ2n) is 6.95. The number of imide groups is 1. The molecule has 0 radical (unpaired) electrons. The molecule has 0 aromatic heterocycles. The minimum atomic E-state index is -1.28. The summed E-state index contributed by atoms with van der Waals surface area (Å²) < 4.78 is 11.3. The van der Waals surface area contributed by atoms with Gasteiger partial charge in [-0.15, -0.1) is 0 Å². The first-order valence-corrected chi connectivity index (χ1v) is 9.11. The number of nitrogens with zero attached hydrogens (tertiary/aromatic N) is 1. The zero-order valence-corrected chi connectivity index (χ0v) is 15.4. The van der Waals surface area contributed by atoms with Crippen LogP contribution in [0.1, 0.15) is 29.3 Å². The minimum absolute atomic E-state index is 0.299. The van der Waals surface area contributed by atoms with E-state index in [4.69, 9.17) is 9.47 Å². The molecular weight excluding hydrogens is 360 g/mol. The van der Waals surface area contributed by atoms with Crippen LogP contribution in [-0.2, 0) is 10.3 Å². The Hall–Kier alpha value is -3.35. The number of Topliss-reactive ketones (excluding diaryl/α,β-unsaturated/α-hetero) is 1. The molecule has 144 valence electrons. The molecule has 1 N–H and O–H groups in total. The van der Waals surface area contributed by atoms with Crippen molar-refractivity contribution in [1.29, 1.82) is 0 Å². The van der Waals surface area contributed by atoms with Crippen molar-refractivity contribution in [2.45, 2.75) is 18.9 Å². The van der Waals surface area contributed by atoms with Crippen LogP contribution in [0, 0.1) is 0 Å². The lowest BCUT2D eigenvalue weighted by Crippen LogP contribution is -2.41. The molecule has 2 aliphatic heterocycles. The third kappa shape index (κ3) is 3.09. The van der Waals surface area contributed by atoms with Gasteiger partial charge in [-0.25, -0.2) is 4.79 Å². The smallest absolute Gasteiger partial charge is 0.325 e. The molecule has 1 unspecified atom stereocenters. The third-order valence-electron chi connectivity index (χ3n) is 5.00. The van der Waals surface area contributed by atoms with Crippen LogP contribution in [-0.4, -0.2) is 42.4 Å². The molecule has 28 heavy (non-hydrogen) atoms. The number of hydrogen-bond acceptors (Lipinski definition) is 5. The van der Waals surface area contributed by atoms with Gasteiger partial charge in [-0.1, -0.05) is 36.4 Å². The largest absolute Gasteiger partial charge is 0.490 e. The van der Waals surface area contributed by atoms with Crippen molar-refractivity contribution in [2.24, 2.45) is 0 Å². The molecule has 2 aliphatic rings. The van der Waals surface area contributed by atoms with E-state index in [-0.39, 0.29) is 12.3 Å². The molecule has 7 heteroatoms. The Morgan fingerprint density at radius 2 is 1.79 bits per heavy atom. The number of carbonyl (C=O) groups is 3. The first-order valence-electron chi connectivity index (χ1n) is 9.11. The molecule has 1 fully saturated rings. The maximum atomic E-state index is 13.1. The number of fused-ring (bicyclic) bond motifs is 1. The summed E-state index contributed by atoms with van der Waals surface area (Å²) in [6, 6.07) is 13.2. The third-order valence-corrected chi connectivity index (χ3v) is 5.00. The van der Waals surface area contributed by atoms with Crippen molar-refractivity contribution in [3.63, 3.8) is 0 Å². The second kappa shape index (κ2) is 6.99. The highest BCUT2D eigenvalue weighted by molar-refractivity contribution is 6.11. The van der Waals surface area contributed by atoms with Gasteiger partial charge >= 0.3 is 6.03 Å². The van der Waals surface area contributed by atoms with Gasteiger partial charge in [-0.2, -0.15) is 0 Å². The molecule has 3 amide bonds. The fourth-order valence-corrected chi connectivity index (χ4v) is 3.37. The molecule has 2 aromatic rings. The van der Waals surface area contributed by atoms with E-state index in [1.54, 1.807) is 55.5 Å². The Balaban J connectivity index is 1.59. The Morgan fingerprint density at radius 3 is 2.54 bits per heavy atom. The molecule has 2 heterocycles. The second-order valence-corrected chi connectivity index (χ2v) is 6.95. The van der Waals surface area contributed by atoms with Gasteiger partial charge in [0.25, 0.3) is 5.91 Å². The summed E-state index contributed by atoms with van der Waals surface area (Å²) >= 11 is 0. The van der Waals surface area contributed by atoms with Crippen LogP contribution >= 0.6 is 0 Å². The summed E-state index contributed by atoms with van der Waals surface area (Å²) in [5.41, 5.74) is -0.254. The predicted octanol–water partition coefficient (Wildman–Crippen LogP) is 2.50. The quantitative estimate of drug-likeness (QED) is 0.651. The summed E-state index contributed by atoms with van der Waals surface area (Å²) in [5, 5.41) is 2.71. The molecule has 1 saturated heterocycles. The highest BCUT2D eigenvalue weighted by atomic mass is 16.5. The average molecular weight is 380 g/mol. The zero-order valence-electron chi connectivity index (χ0n) is 15.4. The van der Waals surface area contributed by atoms with E-state index in [0.717, 1.165) is 11.3 Å². The van der Waals surface area contributed by atoms with Crippen LogP contribution in [0.5, 0.6) is 11.5 Å². The standard InChI is InChI=1S/C21H20N2O5/c1-21(15-8-9-17-18(12-15)28-11-5-10-27-17)19(25)23(20(26)22-21)13-16(24)14-6-3-2-4-7-14/h2-4,6-9,12H,5,10-11,13H2,1H3,(H,22,26). The van der Waals surface area contributed by atoms with Crippen molar-refractivity contribution in [3.8, 4) is 11.5 Å². The van der Waals surface area contributed by atoms with Crippen molar-refractivity contribution in [2.75, 3.05) is 19.8 Å². The first-order chi connectivity index (χ1) is 13.5. The Bertz CT molecular complexity index is 943. The number of ketones is 1. The fraction of sp³-hybridized carbons (Fsp3) is 0.286. The van der Waals surface area contributed by atoms with Crippen LogP contribution < -0.4 is 14.8 Å². The lowest BCUT2D eigenvalue weighted by Gasteiger charge is -2.23. The molecule has 2 aromatic carbocycles. The number of nitrogens with one attached hydrogen (secondary N) is 1. The summed E-state index contributed by atoms with van der Waals surface area (Å²) in [6.45, 7) is 2.40. The SMILES string of the molecule is CC1(c2ccc3c(c2)OCCCO3)NC(=O)N(CC(=O)c2ccccc2)C1=O. The maximum Gasteiger partial charge on any atom is 0.325 e. The van der Waals surface area contributed by atoms with E-state index in [0.29, 0.717) is 35.8 Å². The summed E-state index contributed by atoms with van der Waals surface area (Å²) in [7, 11) is 0. The van der Waals surface area contributed by atoms with Gasteiger partial charge in [0.1, 0.15) is 5.54 Å². The number of amides is 3. The highest BCUT2D eigenvalue weighted by Crippen LogP contribution is 2.36. The number of ether oxygens (including phenoxy) is 2. The van der Waals surface area contributed by atoms with E-state index in [1.807, 2.05) is 0 Å². The molecule has 7 nitrogen and oxygen atoms in total. The van der Waals surface area contributed by atoms with Gasteiger partial charge in [0.2, 0.25) is 0 Å². The lowest BCUT2D eigenvalue weighted by molar-refractivity contribution is -0.130. The van der Waals surface area contributed by atoms with Crippen LogP contribution in [0.4, 0.5) is 4.79 Å². The maximum absolute atomic E-state index is 13.1. The van der Waals surface area contributed by atoms with Crippen molar-refractivity contribution < 1.29 is 23.9 Å². The normalized spacial score (nSPS) is 21.2. The van der Waals surface area contributed by atoms with E-state index < -0.39 is 17.5 Å². The fourth-order valence-electron chi connectivity index (χ4n) is 3.37. The molecule has 0 saturated carbocycles. The van der Waals surface area contributed by atoms with Crippen LogP contribution in [0.2, 0.25) is 0 Å². The van der Waals surface area contributed by atoms with Gasteiger partial charge < -0.3 is 14.8 Å². The Kier molecular flexibility index (Phi) is 4.50. The molecular formula is C21H20N2O5. The number of benzene rings is 2.